The lowest BCUT2D eigenvalue weighted by Crippen LogP contribution is -2.32. The Morgan fingerprint density at radius 3 is 2.38 bits per heavy atom. The number of nitrogens with one attached hydrogen (secondary N) is 1. The molecular formula is C5H10BNO. The van der Waals surface area contributed by atoms with Crippen LogP contribution in [0.4, 0.5) is 0 Å². The van der Waals surface area contributed by atoms with Crippen LogP contribution in [-0.2, 0) is 4.79 Å². The zero-order valence-electron chi connectivity index (χ0n) is 5.22. The summed E-state index contributed by atoms with van der Waals surface area (Å²) in [4.78, 5) is 9.99. The van der Waals surface area contributed by atoms with Gasteiger partial charge < -0.3 is 10.1 Å². The quantitative estimate of drug-likeness (QED) is 0.394. The van der Waals surface area contributed by atoms with Gasteiger partial charge in [-0.15, -0.1) is 0 Å². The Kier molecular flexibility index (Phi) is 3.53. The van der Waals surface area contributed by atoms with Gasteiger partial charge in [0.15, 0.2) is 0 Å². The predicted molar refractivity (Wildman–Crippen MR) is 33.8 cm³/mol. The second kappa shape index (κ2) is 3.67. The molecule has 0 fully saturated rings. The fourth-order valence-corrected chi connectivity index (χ4v) is 0.348. The van der Waals surface area contributed by atoms with E-state index in [-0.39, 0.29) is 11.9 Å². The van der Waals surface area contributed by atoms with Crippen LogP contribution in [0.25, 0.3) is 0 Å². The molecule has 2 radical (unpaired) electrons. The van der Waals surface area contributed by atoms with Crippen LogP contribution in [0.15, 0.2) is 0 Å². The van der Waals surface area contributed by atoms with Crippen LogP contribution in [0.1, 0.15) is 6.92 Å². The standard InChI is InChI=1S/C5H10BNO/c1-4(3-8)5(6)7-2/h3-5,7H,1-2H3. The Balaban J connectivity index is 3.44. The topological polar surface area (TPSA) is 29.1 Å². The summed E-state index contributed by atoms with van der Waals surface area (Å²) >= 11 is 0. The molecule has 0 aliphatic heterocycles. The first kappa shape index (κ1) is 7.69. The Morgan fingerprint density at radius 2 is 2.25 bits per heavy atom. The first-order chi connectivity index (χ1) is 3.72. The average Bonchev–Trinajstić information content (AvgIpc) is 1.84. The van der Waals surface area contributed by atoms with E-state index in [4.69, 9.17) is 7.85 Å². The molecule has 0 aliphatic rings. The Labute approximate surface area is 51.1 Å². The minimum atomic E-state index is -0.201. The van der Waals surface area contributed by atoms with Crippen molar-refractivity contribution in [3.05, 3.63) is 0 Å². The van der Waals surface area contributed by atoms with Crippen LogP contribution in [0.2, 0.25) is 0 Å². The van der Waals surface area contributed by atoms with Gasteiger partial charge in [0.25, 0.3) is 0 Å². The summed E-state index contributed by atoms with van der Waals surface area (Å²) in [6, 6.07) is 0. The van der Waals surface area contributed by atoms with E-state index < -0.39 is 0 Å². The van der Waals surface area contributed by atoms with Crippen LogP contribution < -0.4 is 5.32 Å². The maximum absolute atomic E-state index is 9.99. The van der Waals surface area contributed by atoms with E-state index in [0.717, 1.165) is 6.29 Å². The molecule has 0 aromatic carbocycles. The maximum Gasteiger partial charge on any atom is 0.123 e. The lowest BCUT2D eigenvalue weighted by Gasteiger charge is -2.11. The molecule has 0 amide bonds. The molecule has 3 heteroatoms. The van der Waals surface area contributed by atoms with E-state index in [0.29, 0.717) is 0 Å². The monoisotopic (exact) mass is 111 g/mol. The Morgan fingerprint density at radius 1 is 1.75 bits per heavy atom. The minimum Gasteiger partial charge on any atom is -0.325 e. The molecule has 2 nitrogen and oxygen atoms in total. The van der Waals surface area contributed by atoms with Crippen LogP contribution >= 0.6 is 0 Å². The molecule has 0 rings (SSSR count). The smallest absolute Gasteiger partial charge is 0.123 e. The van der Waals surface area contributed by atoms with Gasteiger partial charge >= 0.3 is 0 Å². The summed E-state index contributed by atoms with van der Waals surface area (Å²) in [7, 11) is 7.11. The van der Waals surface area contributed by atoms with Crippen molar-refractivity contribution in [2.75, 3.05) is 7.05 Å². The lowest BCUT2D eigenvalue weighted by molar-refractivity contribution is -0.110. The lowest BCUT2D eigenvalue weighted by atomic mass is 9.86. The van der Waals surface area contributed by atoms with Gasteiger partial charge in [0, 0.05) is 5.92 Å². The molecule has 0 saturated heterocycles. The highest BCUT2D eigenvalue weighted by Gasteiger charge is 2.05. The molecule has 0 heterocycles. The first-order valence-corrected chi connectivity index (χ1v) is 2.60. The summed E-state index contributed by atoms with van der Waals surface area (Å²) in [6.07, 6.45) is 0.834. The van der Waals surface area contributed by atoms with E-state index >= 15 is 0 Å². The fraction of sp³-hybridized carbons (Fsp3) is 0.800. The van der Waals surface area contributed by atoms with Gasteiger partial charge in [-0.2, -0.15) is 0 Å². The molecule has 0 bridgehead atoms. The number of hydrogen-bond acceptors (Lipinski definition) is 2. The molecule has 0 aromatic heterocycles. The van der Waals surface area contributed by atoms with Gasteiger partial charge in [-0.1, -0.05) is 6.92 Å². The minimum absolute atomic E-state index is 0.0972. The van der Waals surface area contributed by atoms with Crippen LogP contribution in [0.5, 0.6) is 0 Å². The number of aldehydes is 1. The van der Waals surface area contributed by atoms with E-state index in [1.807, 2.05) is 0 Å². The third-order valence-electron chi connectivity index (χ3n) is 1.11. The van der Waals surface area contributed by atoms with Crippen molar-refractivity contribution in [2.24, 2.45) is 5.92 Å². The fourth-order valence-electron chi connectivity index (χ4n) is 0.348. The van der Waals surface area contributed by atoms with Gasteiger partial charge in [-0.25, -0.2) is 0 Å². The molecule has 0 aromatic rings. The second-order valence-corrected chi connectivity index (χ2v) is 1.81. The number of carbonyl (C=O) groups excluding carboxylic acids is 1. The molecule has 0 spiro atoms. The van der Waals surface area contributed by atoms with Crippen LogP contribution in [0.3, 0.4) is 0 Å². The Bertz CT molecular complexity index is 76.8. The molecule has 0 aliphatic carbocycles. The van der Waals surface area contributed by atoms with Crippen molar-refractivity contribution >= 4 is 14.1 Å². The third-order valence-corrected chi connectivity index (χ3v) is 1.11. The molecule has 2 atom stereocenters. The summed E-state index contributed by atoms with van der Waals surface area (Å²) in [6.45, 7) is 1.77. The van der Waals surface area contributed by atoms with Gasteiger partial charge in [-0.05, 0) is 13.0 Å². The largest absolute Gasteiger partial charge is 0.325 e. The van der Waals surface area contributed by atoms with Gasteiger partial charge in [-0.3, -0.25) is 0 Å². The van der Waals surface area contributed by atoms with E-state index in [2.05, 4.69) is 5.32 Å². The molecular weight excluding hydrogens is 101 g/mol. The van der Waals surface area contributed by atoms with Crippen molar-refractivity contribution in [1.29, 1.82) is 0 Å². The van der Waals surface area contributed by atoms with Crippen molar-refractivity contribution in [2.45, 2.75) is 12.9 Å². The predicted octanol–water partition coefficient (Wildman–Crippen LogP) is -0.465. The molecule has 8 heavy (non-hydrogen) atoms. The highest BCUT2D eigenvalue weighted by Crippen LogP contribution is 1.91. The van der Waals surface area contributed by atoms with Crippen molar-refractivity contribution in [3.63, 3.8) is 0 Å². The van der Waals surface area contributed by atoms with E-state index in [1.54, 1.807) is 14.0 Å². The number of carbonyl (C=O) groups is 1. The van der Waals surface area contributed by atoms with E-state index in [9.17, 15) is 4.79 Å². The van der Waals surface area contributed by atoms with Gasteiger partial charge in [0.2, 0.25) is 0 Å². The van der Waals surface area contributed by atoms with Crippen LogP contribution in [0, 0.1) is 5.92 Å². The number of hydrogen-bond donors (Lipinski definition) is 1. The van der Waals surface area contributed by atoms with Gasteiger partial charge in [0.05, 0.1) is 7.85 Å². The van der Waals surface area contributed by atoms with Crippen LogP contribution in [-0.4, -0.2) is 27.1 Å². The number of rotatable bonds is 3. The highest BCUT2D eigenvalue weighted by atomic mass is 16.1. The maximum atomic E-state index is 9.99. The normalized spacial score (nSPS) is 17.2. The highest BCUT2D eigenvalue weighted by molar-refractivity contribution is 6.12. The summed E-state index contributed by atoms with van der Waals surface area (Å²) in [5, 5.41) is 2.76. The zero-order valence-corrected chi connectivity index (χ0v) is 5.22. The van der Waals surface area contributed by atoms with E-state index in [1.165, 1.54) is 0 Å². The summed E-state index contributed by atoms with van der Waals surface area (Å²) in [5.41, 5.74) is 0. The van der Waals surface area contributed by atoms with Crippen molar-refractivity contribution in [1.82, 2.24) is 5.32 Å². The second-order valence-electron chi connectivity index (χ2n) is 1.81. The summed E-state index contributed by atoms with van der Waals surface area (Å²) < 4.78 is 0. The van der Waals surface area contributed by atoms with Crippen molar-refractivity contribution < 1.29 is 4.79 Å². The first-order valence-electron chi connectivity index (χ1n) is 2.60. The molecule has 2 unspecified atom stereocenters. The summed E-state index contributed by atoms with van der Waals surface area (Å²) in [5.74, 6) is -0.299. The SMILES string of the molecule is [B]C(NC)C(C)C=O. The molecule has 0 saturated carbocycles. The zero-order chi connectivity index (χ0) is 6.57. The average molecular weight is 111 g/mol. The molecule has 44 valence electrons. The van der Waals surface area contributed by atoms with Crippen molar-refractivity contribution in [3.8, 4) is 0 Å². The van der Waals surface area contributed by atoms with Gasteiger partial charge in [0.1, 0.15) is 6.29 Å². The molecule has 1 N–H and O–H groups in total. The Hall–Kier alpha value is -0.305. The third kappa shape index (κ3) is 2.12.